The summed E-state index contributed by atoms with van der Waals surface area (Å²) < 4.78 is 59.5. The maximum atomic E-state index is 14.3. The van der Waals surface area contributed by atoms with Crippen LogP contribution in [0.1, 0.15) is 17.8 Å². The van der Waals surface area contributed by atoms with E-state index in [1.165, 1.54) is 13.0 Å². The summed E-state index contributed by atoms with van der Waals surface area (Å²) in [6.45, 7) is 2.79. The first kappa shape index (κ1) is 23.2. The number of hydrogen-bond acceptors (Lipinski definition) is 6. The van der Waals surface area contributed by atoms with Gasteiger partial charge in [-0.1, -0.05) is 11.6 Å². The summed E-state index contributed by atoms with van der Waals surface area (Å²) in [5.41, 5.74) is 1.84. The van der Waals surface area contributed by atoms with Crippen LogP contribution in [0.5, 0.6) is 5.88 Å². The van der Waals surface area contributed by atoms with Crippen molar-refractivity contribution in [3.8, 4) is 17.0 Å². The van der Waals surface area contributed by atoms with Crippen LogP contribution in [0.4, 0.5) is 17.6 Å². The van der Waals surface area contributed by atoms with Gasteiger partial charge in [0.15, 0.2) is 5.78 Å². The van der Waals surface area contributed by atoms with E-state index in [2.05, 4.69) is 15.1 Å². The average molecular weight is 486 g/mol. The highest BCUT2D eigenvalue weighted by atomic mass is 35.5. The number of dihydropyridines is 1. The highest BCUT2D eigenvalue weighted by molar-refractivity contribution is 6.44. The molecule has 0 bridgehead atoms. The fourth-order valence-electron chi connectivity index (χ4n) is 4.03. The number of halogens is 5. The Morgan fingerprint density at radius 3 is 2.76 bits per heavy atom. The highest BCUT2D eigenvalue weighted by Gasteiger charge is 2.31. The summed E-state index contributed by atoms with van der Waals surface area (Å²) in [5, 5.41) is 4.08. The zero-order valence-electron chi connectivity index (χ0n) is 17.8. The van der Waals surface area contributed by atoms with E-state index in [-0.39, 0.29) is 35.0 Å². The molecular formula is C21H20ClF4N5O2. The fourth-order valence-corrected chi connectivity index (χ4v) is 4.26. The molecule has 7 nitrogen and oxygen atoms in total. The number of aryl methyl sites for hydroxylation is 1. The molecule has 2 aromatic rings. The number of ketones is 1. The largest absolute Gasteiger partial charge is 0.472 e. The van der Waals surface area contributed by atoms with Gasteiger partial charge in [0.25, 0.3) is 0 Å². The molecular weight excluding hydrogens is 466 g/mol. The Labute approximate surface area is 191 Å². The number of rotatable bonds is 5. The molecule has 2 aliphatic rings. The Kier molecular flexibility index (Phi) is 6.17. The van der Waals surface area contributed by atoms with E-state index in [4.69, 9.17) is 16.3 Å². The van der Waals surface area contributed by atoms with Crippen molar-refractivity contribution in [2.24, 2.45) is 4.99 Å². The number of Topliss-reactive ketones (excluding diaryl/α,β-unsaturated/α-hetero) is 1. The third-order valence-electron chi connectivity index (χ3n) is 5.46. The topological polar surface area (TPSA) is 72.6 Å². The number of carbonyl (C=O) groups is 1. The van der Waals surface area contributed by atoms with Gasteiger partial charge in [-0.2, -0.15) is 27.6 Å². The molecule has 0 amide bonds. The van der Waals surface area contributed by atoms with E-state index >= 15 is 0 Å². The number of ether oxygens (including phenoxy) is 1. The van der Waals surface area contributed by atoms with E-state index in [1.807, 2.05) is 4.90 Å². The van der Waals surface area contributed by atoms with E-state index in [9.17, 15) is 22.4 Å². The predicted molar refractivity (Wildman–Crippen MR) is 113 cm³/mol. The second kappa shape index (κ2) is 8.77. The Bertz CT molecular complexity index is 1160. The van der Waals surface area contributed by atoms with Gasteiger partial charge >= 0.3 is 6.18 Å². The number of aliphatic imine (C=N–C) groups is 1. The summed E-state index contributed by atoms with van der Waals surface area (Å²) in [7, 11) is 0. The van der Waals surface area contributed by atoms with Gasteiger partial charge in [-0.15, -0.1) is 0 Å². The molecule has 0 spiro atoms. The molecule has 0 radical (unpaired) electrons. The van der Waals surface area contributed by atoms with Crippen molar-refractivity contribution in [2.45, 2.75) is 39.1 Å². The highest BCUT2D eigenvalue weighted by Crippen LogP contribution is 2.32. The van der Waals surface area contributed by atoms with Crippen LogP contribution < -0.4 is 4.74 Å². The van der Waals surface area contributed by atoms with Crippen molar-refractivity contribution in [3.05, 3.63) is 40.2 Å². The van der Waals surface area contributed by atoms with Crippen molar-refractivity contribution in [1.82, 2.24) is 19.7 Å². The molecule has 2 aliphatic heterocycles. The second-order valence-electron chi connectivity index (χ2n) is 7.90. The lowest BCUT2D eigenvalue weighted by atomic mass is 10.1. The minimum atomic E-state index is -4.43. The van der Waals surface area contributed by atoms with Crippen molar-refractivity contribution in [1.29, 1.82) is 0 Å². The molecule has 4 heterocycles. The van der Waals surface area contributed by atoms with Gasteiger partial charge in [0.2, 0.25) is 11.8 Å². The number of pyridine rings is 1. The third kappa shape index (κ3) is 5.02. The SMILES string of the molecule is Cc1nn(CC(F)(F)F)c(C)c1-c1cc(F)nc(O[C@@H]2CCN(C3=C(Cl)C(=O)CN=C3)C2)c1. The summed E-state index contributed by atoms with van der Waals surface area (Å²) in [4.78, 5) is 21.4. The number of carbonyl (C=O) groups excluding carboxylic acids is 1. The minimum Gasteiger partial charge on any atom is -0.472 e. The maximum absolute atomic E-state index is 14.3. The molecule has 2 aromatic heterocycles. The number of hydrogen-bond donors (Lipinski definition) is 0. The molecule has 33 heavy (non-hydrogen) atoms. The maximum Gasteiger partial charge on any atom is 0.408 e. The van der Waals surface area contributed by atoms with Crippen LogP contribution in [-0.4, -0.2) is 63.6 Å². The van der Waals surface area contributed by atoms with Gasteiger partial charge in [-0.25, -0.2) is 0 Å². The molecule has 0 saturated carbocycles. The smallest absolute Gasteiger partial charge is 0.408 e. The first-order valence-electron chi connectivity index (χ1n) is 10.1. The van der Waals surface area contributed by atoms with Crippen LogP contribution in [0.2, 0.25) is 0 Å². The molecule has 1 atom stereocenters. The van der Waals surface area contributed by atoms with Crippen LogP contribution in [0, 0.1) is 19.8 Å². The van der Waals surface area contributed by atoms with Gasteiger partial charge in [0.05, 0.1) is 17.9 Å². The average Bonchev–Trinajstić information content (AvgIpc) is 3.26. The third-order valence-corrected chi connectivity index (χ3v) is 5.87. The van der Waals surface area contributed by atoms with Crippen LogP contribution in [0.25, 0.3) is 11.1 Å². The normalized spacial score (nSPS) is 19.1. The van der Waals surface area contributed by atoms with Crippen molar-refractivity contribution >= 4 is 23.6 Å². The van der Waals surface area contributed by atoms with Gasteiger partial charge < -0.3 is 9.64 Å². The number of alkyl halides is 3. The monoisotopic (exact) mass is 485 g/mol. The summed E-state index contributed by atoms with van der Waals surface area (Å²) in [6, 6.07) is 2.62. The number of allylic oxidation sites excluding steroid dienone is 1. The van der Waals surface area contributed by atoms with Crippen LogP contribution in [0.15, 0.2) is 27.9 Å². The van der Waals surface area contributed by atoms with E-state index in [0.717, 1.165) is 10.7 Å². The number of likely N-dealkylation sites (tertiary alicyclic amines) is 1. The van der Waals surface area contributed by atoms with Gasteiger partial charge in [-0.05, 0) is 19.4 Å². The lowest BCUT2D eigenvalue weighted by molar-refractivity contribution is -0.142. The minimum absolute atomic E-state index is 0.00712. The van der Waals surface area contributed by atoms with E-state index in [0.29, 0.717) is 42.0 Å². The molecule has 12 heteroatoms. The van der Waals surface area contributed by atoms with E-state index < -0.39 is 18.7 Å². The van der Waals surface area contributed by atoms with Crippen molar-refractivity contribution < 1.29 is 27.1 Å². The Morgan fingerprint density at radius 2 is 2.03 bits per heavy atom. The summed E-state index contributed by atoms with van der Waals surface area (Å²) in [6.07, 6.45) is -2.66. The van der Waals surface area contributed by atoms with Gasteiger partial charge in [0.1, 0.15) is 24.2 Å². The molecule has 4 rings (SSSR count). The summed E-state index contributed by atoms with van der Waals surface area (Å²) >= 11 is 6.12. The molecule has 0 aromatic carbocycles. The van der Waals surface area contributed by atoms with Gasteiger partial charge in [-0.3, -0.25) is 14.5 Å². The zero-order chi connectivity index (χ0) is 23.9. The standard InChI is InChI=1S/C21H20ClF4N5O2/c1-11-19(12(2)31(29-11)10-21(24,25)26)13-5-17(23)28-18(6-13)33-14-3-4-30(9-14)15-7-27-8-16(32)20(15)22/h5-7,14H,3-4,8-10H2,1-2H3/t14-/m1/s1. The fraction of sp³-hybridized carbons (Fsp3) is 0.429. The lowest BCUT2D eigenvalue weighted by Crippen LogP contribution is -2.28. The molecule has 0 N–H and O–H groups in total. The van der Waals surface area contributed by atoms with E-state index in [1.54, 1.807) is 13.1 Å². The predicted octanol–water partition coefficient (Wildman–Crippen LogP) is 3.82. The van der Waals surface area contributed by atoms with Gasteiger partial charge in [0, 0.05) is 42.6 Å². The lowest BCUT2D eigenvalue weighted by Gasteiger charge is -2.22. The molecule has 0 aliphatic carbocycles. The molecule has 1 saturated heterocycles. The van der Waals surface area contributed by atoms with Crippen molar-refractivity contribution in [2.75, 3.05) is 19.6 Å². The Balaban J connectivity index is 1.54. The first-order valence-corrected chi connectivity index (χ1v) is 10.5. The van der Waals surface area contributed by atoms with Crippen LogP contribution in [0.3, 0.4) is 0 Å². The van der Waals surface area contributed by atoms with Crippen LogP contribution >= 0.6 is 11.6 Å². The Morgan fingerprint density at radius 1 is 1.27 bits per heavy atom. The summed E-state index contributed by atoms with van der Waals surface area (Å²) in [5.74, 6) is -1.07. The number of aromatic nitrogens is 3. The zero-order valence-corrected chi connectivity index (χ0v) is 18.5. The Hall–Kier alpha value is -2.95. The molecule has 1 fully saturated rings. The molecule has 0 unspecified atom stereocenters. The van der Waals surface area contributed by atoms with Crippen LogP contribution in [-0.2, 0) is 11.3 Å². The quantitative estimate of drug-likeness (QED) is 0.475. The molecule has 176 valence electrons. The second-order valence-corrected chi connectivity index (χ2v) is 8.28. The number of nitrogens with zero attached hydrogens (tertiary/aromatic N) is 5. The van der Waals surface area contributed by atoms with Crippen molar-refractivity contribution in [3.63, 3.8) is 0 Å². The first-order chi connectivity index (χ1) is 15.5.